The molecule has 1 heterocycles. The lowest BCUT2D eigenvalue weighted by molar-refractivity contribution is 0.0697. The summed E-state index contributed by atoms with van der Waals surface area (Å²) in [5, 5.41) is 10.8. The van der Waals surface area contributed by atoms with Crippen LogP contribution in [0.1, 0.15) is 15.9 Å². The summed E-state index contributed by atoms with van der Waals surface area (Å²) in [5.74, 6) is 2.46. The van der Waals surface area contributed by atoms with E-state index >= 15 is 8.78 Å². The highest BCUT2D eigenvalue weighted by Crippen LogP contribution is 2.35. The summed E-state index contributed by atoms with van der Waals surface area (Å²) >= 11 is 0. The van der Waals surface area contributed by atoms with Crippen molar-refractivity contribution in [3.05, 3.63) is 59.2 Å². The van der Waals surface area contributed by atoms with Crippen molar-refractivity contribution in [1.82, 2.24) is 9.80 Å². The zero-order valence-corrected chi connectivity index (χ0v) is 21.6. The Balaban J connectivity index is 1.78. The molecule has 7 nitrogen and oxygen atoms in total. The zero-order valence-electron chi connectivity index (χ0n) is 21.6. The van der Waals surface area contributed by atoms with Crippen molar-refractivity contribution in [2.75, 3.05) is 51.0 Å². The number of rotatable bonds is 6. The molecule has 3 aromatic rings. The molecule has 4 rings (SSSR count). The molecule has 0 unspecified atom stereocenters. The number of benzene rings is 3. The number of aromatic carboxylic acids is 1. The van der Waals surface area contributed by atoms with Crippen LogP contribution in [0.2, 0.25) is 0 Å². The van der Waals surface area contributed by atoms with Gasteiger partial charge in [0.1, 0.15) is 15.7 Å². The van der Waals surface area contributed by atoms with Gasteiger partial charge in [-0.05, 0) is 41.9 Å². The highest BCUT2D eigenvalue weighted by molar-refractivity contribution is 6.53. The summed E-state index contributed by atoms with van der Waals surface area (Å²) in [7, 11) is 7.00. The Kier molecular flexibility index (Phi) is 7.59. The third-order valence-electron chi connectivity index (χ3n) is 7.17. The summed E-state index contributed by atoms with van der Waals surface area (Å²) in [6.07, 6.45) is 0. The summed E-state index contributed by atoms with van der Waals surface area (Å²) in [6, 6.07) is 10.3. The van der Waals surface area contributed by atoms with Gasteiger partial charge in [-0.1, -0.05) is 29.1 Å². The lowest BCUT2D eigenvalue weighted by Gasteiger charge is -2.32. The molecule has 0 spiro atoms. The first-order valence-electron chi connectivity index (χ1n) is 12.1. The molecule has 0 saturated carbocycles. The molecule has 37 heavy (non-hydrogen) atoms. The largest absolute Gasteiger partial charge is 0.478 e. The maximum absolute atomic E-state index is 15.7. The normalized spacial score (nSPS) is 14.6. The standard InChI is InChI=1S/C26H31B2F2N5O2/c1-33-6-8-35(9-7-33)13-14-4-3-5-15(10-14)19-21(27)22(28)20(24(30)23(19)29)16-11-17(26(36)37)25(34(2)32)18(31)12-16/h3-5,10-12H,6-9,13,27-28,31-32H2,1-2H3,(H,36,37). The van der Waals surface area contributed by atoms with Gasteiger partial charge in [0, 0.05) is 50.9 Å². The molecule has 0 amide bonds. The zero-order chi connectivity index (χ0) is 27.0. The van der Waals surface area contributed by atoms with E-state index in [1.165, 1.54) is 19.2 Å². The molecule has 1 saturated heterocycles. The topological polar surface area (TPSA) is 99.1 Å². The second kappa shape index (κ2) is 10.5. The van der Waals surface area contributed by atoms with Crippen LogP contribution in [0, 0.1) is 11.6 Å². The van der Waals surface area contributed by atoms with Gasteiger partial charge in [0.2, 0.25) is 0 Å². The molecule has 1 aliphatic heterocycles. The number of carbonyl (C=O) groups is 1. The van der Waals surface area contributed by atoms with E-state index in [-0.39, 0.29) is 33.6 Å². The number of nitrogens with two attached hydrogens (primary N) is 2. The van der Waals surface area contributed by atoms with E-state index in [0.717, 1.165) is 43.3 Å². The number of hydrogen-bond donors (Lipinski definition) is 3. The van der Waals surface area contributed by atoms with Gasteiger partial charge < -0.3 is 20.7 Å². The minimum atomic E-state index is -1.27. The van der Waals surface area contributed by atoms with Crippen LogP contribution < -0.4 is 27.5 Å². The number of halogens is 2. The molecule has 1 fully saturated rings. The number of hydrogen-bond acceptors (Lipinski definition) is 6. The molecule has 0 aliphatic carbocycles. The Hall–Kier alpha value is -3.40. The van der Waals surface area contributed by atoms with Crippen molar-refractivity contribution in [3.8, 4) is 22.3 Å². The molecule has 0 radical (unpaired) electrons. The maximum atomic E-state index is 15.7. The van der Waals surface area contributed by atoms with E-state index in [9.17, 15) is 9.90 Å². The smallest absolute Gasteiger partial charge is 0.337 e. The fourth-order valence-corrected chi connectivity index (χ4v) is 5.06. The van der Waals surface area contributed by atoms with Crippen LogP contribution in [-0.2, 0) is 6.54 Å². The Morgan fingerprint density at radius 1 is 1.03 bits per heavy atom. The summed E-state index contributed by atoms with van der Waals surface area (Å²) < 4.78 is 31.4. The number of carboxylic acids is 1. The quantitative estimate of drug-likeness (QED) is 0.190. The molecule has 3 aromatic carbocycles. The monoisotopic (exact) mass is 505 g/mol. The number of likely N-dealkylation sites (N-methyl/N-ethyl adjacent to an activating group) is 1. The number of nitrogen functional groups attached to an aromatic ring is 1. The summed E-state index contributed by atoms with van der Waals surface area (Å²) in [5.41, 5.74) is 9.10. The van der Waals surface area contributed by atoms with Gasteiger partial charge >= 0.3 is 5.97 Å². The Morgan fingerprint density at radius 2 is 1.62 bits per heavy atom. The van der Waals surface area contributed by atoms with Gasteiger partial charge in [-0.25, -0.2) is 19.4 Å². The Labute approximate surface area is 217 Å². The van der Waals surface area contributed by atoms with Crippen molar-refractivity contribution in [3.63, 3.8) is 0 Å². The number of hydrazine groups is 1. The number of piperazine rings is 1. The molecular formula is C26H31B2F2N5O2. The highest BCUT2D eigenvalue weighted by Gasteiger charge is 2.25. The average Bonchev–Trinajstić information content (AvgIpc) is 2.84. The molecule has 11 heteroatoms. The van der Waals surface area contributed by atoms with Crippen molar-refractivity contribution in [2.24, 2.45) is 5.84 Å². The minimum absolute atomic E-state index is 0.0206. The van der Waals surface area contributed by atoms with Crippen LogP contribution >= 0.6 is 0 Å². The Bertz CT molecular complexity index is 1330. The van der Waals surface area contributed by atoms with Crippen LogP contribution in [0.15, 0.2) is 36.4 Å². The lowest BCUT2D eigenvalue weighted by Crippen LogP contribution is -2.43. The van der Waals surface area contributed by atoms with Gasteiger partial charge in [0.15, 0.2) is 11.6 Å². The number of nitrogens with zero attached hydrogens (tertiary/aromatic N) is 3. The molecule has 0 bridgehead atoms. The maximum Gasteiger partial charge on any atom is 0.337 e. The third kappa shape index (κ3) is 5.20. The highest BCUT2D eigenvalue weighted by atomic mass is 19.2. The fourth-order valence-electron chi connectivity index (χ4n) is 5.06. The van der Waals surface area contributed by atoms with Gasteiger partial charge in [0.25, 0.3) is 0 Å². The first-order chi connectivity index (χ1) is 17.5. The van der Waals surface area contributed by atoms with Crippen LogP contribution in [0.25, 0.3) is 22.3 Å². The predicted molar refractivity (Wildman–Crippen MR) is 150 cm³/mol. The van der Waals surface area contributed by atoms with E-state index in [2.05, 4.69) is 16.8 Å². The third-order valence-corrected chi connectivity index (χ3v) is 7.17. The molecule has 0 atom stereocenters. The second-order valence-electron chi connectivity index (χ2n) is 9.79. The van der Waals surface area contributed by atoms with Gasteiger partial charge in [-0.15, -0.1) is 0 Å². The van der Waals surface area contributed by atoms with Gasteiger partial charge in [-0.3, -0.25) is 4.90 Å². The summed E-state index contributed by atoms with van der Waals surface area (Å²) in [6.45, 7) is 4.64. The van der Waals surface area contributed by atoms with Crippen molar-refractivity contribution in [1.29, 1.82) is 0 Å². The van der Waals surface area contributed by atoms with Crippen LogP contribution in [-0.4, -0.2) is 76.8 Å². The van der Waals surface area contributed by atoms with Gasteiger partial charge in [0.05, 0.1) is 16.9 Å². The van der Waals surface area contributed by atoms with Crippen LogP contribution in [0.3, 0.4) is 0 Å². The number of carboxylic acid groups (broad SMARTS) is 1. The van der Waals surface area contributed by atoms with Crippen LogP contribution in [0.5, 0.6) is 0 Å². The predicted octanol–water partition coefficient (Wildman–Crippen LogP) is 0.153. The van der Waals surface area contributed by atoms with E-state index in [0.29, 0.717) is 16.5 Å². The Morgan fingerprint density at radius 3 is 2.19 bits per heavy atom. The molecular weight excluding hydrogens is 474 g/mol. The SMILES string of the molecule is Bc1c(B)c(-c2cc(N)c(N(C)N)c(C(=O)O)c2)c(F)c(F)c1-c1cccc(CN2CCN(C)CC2)c1. The molecule has 5 N–H and O–H groups in total. The van der Waals surface area contributed by atoms with Crippen molar-refractivity contribution < 1.29 is 18.7 Å². The lowest BCUT2D eigenvalue weighted by atomic mass is 9.71. The number of anilines is 2. The van der Waals surface area contributed by atoms with Gasteiger partial charge in [-0.2, -0.15) is 0 Å². The van der Waals surface area contributed by atoms with E-state index in [1.54, 1.807) is 21.8 Å². The fraction of sp³-hybridized carbons (Fsp3) is 0.269. The molecule has 192 valence electrons. The first kappa shape index (κ1) is 26.7. The van der Waals surface area contributed by atoms with Crippen molar-refractivity contribution >= 4 is 44.0 Å². The molecule has 1 aliphatic rings. The van der Waals surface area contributed by atoms with E-state index in [1.807, 2.05) is 18.2 Å². The average molecular weight is 505 g/mol. The van der Waals surface area contributed by atoms with Crippen molar-refractivity contribution in [2.45, 2.75) is 6.54 Å². The van der Waals surface area contributed by atoms with E-state index < -0.39 is 17.6 Å². The first-order valence-corrected chi connectivity index (χ1v) is 12.1. The summed E-state index contributed by atoms with van der Waals surface area (Å²) in [4.78, 5) is 16.5. The van der Waals surface area contributed by atoms with E-state index in [4.69, 9.17) is 11.6 Å². The molecule has 0 aromatic heterocycles. The van der Waals surface area contributed by atoms with Crippen LogP contribution in [0.4, 0.5) is 20.2 Å². The minimum Gasteiger partial charge on any atom is -0.478 e. The second-order valence-corrected chi connectivity index (χ2v) is 9.79.